The van der Waals surface area contributed by atoms with Gasteiger partial charge in [-0.3, -0.25) is 10.1 Å². The van der Waals surface area contributed by atoms with E-state index in [1.54, 1.807) is 20.8 Å². The Morgan fingerprint density at radius 3 is 2.64 bits per heavy atom. The first-order valence-corrected chi connectivity index (χ1v) is 4.26. The molecule has 0 aliphatic rings. The number of rotatable bonds is 4. The van der Waals surface area contributed by atoms with Crippen molar-refractivity contribution in [2.75, 3.05) is 0 Å². The molecule has 0 saturated carbocycles. The van der Waals surface area contributed by atoms with E-state index in [4.69, 9.17) is 10.2 Å². The minimum Gasteiger partial charge on any atom is -0.424 e. The summed E-state index contributed by atoms with van der Waals surface area (Å²) in [7, 11) is 0. The summed E-state index contributed by atoms with van der Waals surface area (Å²) in [6.07, 6.45) is 0. The van der Waals surface area contributed by atoms with Gasteiger partial charge < -0.3 is 10.2 Å². The van der Waals surface area contributed by atoms with Crippen molar-refractivity contribution in [3.8, 4) is 0 Å². The molecule has 0 radical (unpaired) electrons. The van der Waals surface area contributed by atoms with Crippen molar-refractivity contribution in [1.82, 2.24) is 15.5 Å². The molecular formula is C8H14N4O2. The Morgan fingerprint density at radius 2 is 2.21 bits per heavy atom. The third kappa shape index (κ3) is 2.53. The van der Waals surface area contributed by atoms with E-state index < -0.39 is 11.4 Å². The number of amides is 1. The molecule has 0 saturated heterocycles. The quantitative estimate of drug-likeness (QED) is 0.694. The predicted molar refractivity (Wildman–Crippen MR) is 49.1 cm³/mol. The molecule has 0 aliphatic heterocycles. The highest BCUT2D eigenvalue weighted by Gasteiger charge is 2.24. The topological polar surface area (TPSA) is 94.0 Å². The van der Waals surface area contributed by atoms with Gasteiger partial charge in [0.2, 0.25) is 17.7 Å². The molecule has 0 bridgehead atoms. The molecule has 0 fully saturated rings. The molecule has 6 nitrogen and oxygen atoms in total. The number of carbonyl (C=O) groups excluding carboxylic acids is 1. The van der Waals surface area contributed by atoms with Crippen LogP contribution in [0.1, 0.15) is 25.6 Å². The van der Waals surface area contributed by atoms with Crippen molar-refractivity contribution < 1.29 is 9.21 Å². The summed E-state index contributed by atoms with van der Waals surface area (Å²) < 4.78 is 5.12. The maximum atomic E-state index is 10.9. The van der Waals surface area contributed by atoms with E-state index in [0.29, 0.717) is 18.3 Å². The number of hydrogen-bond acceptors (Lipinski definition) is 5. The minimum atomic E-state index is -0.775. The molecule has 6 heteroatoms. The first-order valence-electron chi connectivity index (χ1n) is 4.26. The zero-order chi connectivity index (χ0) is 10.8. The molecule has 78 valence electrons. The van der Waals surface area contributed by atoms with Crippen LogP contribution in [-0.4, -0.2) is 21.6 Å². The van der Waals surface area contributed by atoms with Crippen molar-refractivity contribution in [3.05, 3.63) is 11.8 Å². The van der Waals surface area contributed by atoms with E-state index in [1.807, 2.05) is 0 Å². The van der Waals surface area contributed by atoms with E-state index in [2.05, 4.69) is 15.5 Å². The molecular weight excluding hydrogens is 184 g/mol. The van der Waals surface area contributed by atoms with Crippen LogP contribution in [0.3, 0.4) is 0 Å². The Kier molecular flexibility index (Phi) is 2.85. The van der Waals surface area contributed by atoms with Gasteiger partial charge in [0.1, 0.15) is 0 Å². The van der Waals surface area contributed by atoms with Gasteiger partial charge in [-0.1, -0.05) is 0 Å². The number of hydrogen-bond donors (Lipinski definition) is 2. The number of nitrogens with zero attached hydrogens (tertiary/aromatic N) is 2. The van der Waals surface area contributed by atoms with Crippen LogP contribution in [0.2, 0.25) is 0 Å². The molecule has 1 amide bonds. The summed E-state index contributed by atoms with van der Waals surface area (Å²) in [5.74, 6) is 0.518. The second-order valence-electron chi connectivity index (χ2n) is 3.56. The standard InChI is InChI=1S/C8H14N4O2/c1-5-11-12-6(14-5)4-10-8(2,3)7(9)13/h10H,4H2,1-3H3,(H2,9,13). The summed E-state index contributed by atoms with van der Waals surface area (Å²) in [4.78, 5) is 10.9. The summed E-state index contributed by atoms with van der Waals surface area (Å²) in [5, 5.41) is 10.4. The summed E-state index contributed by atoms with van der Waals surface area (Å²) in [6, 6.07) is 0. The van der Waals surface area contributed by atoms with Gasteiger partial charge in [0.15, 0.2) is 0 Å². The number of aryl methyl sites for hydroxylation is 1. The lowest BCUT2D eigenvalue weighted by Crippen LogP contribution is -2.50. The van der Waals surface area contributed by atoms with Crippen molar-refractivity contribution in [2.24, 2.45) is 5.73 Å². The van der Waals surface area contributed by atoms with Crippen molar-refractivity contribution in [1.29, 1.82) is 0 Å². The van der Waals surface area contributed by atoms with Crippen LogP contribution < -0.4 is 11.1 Å². The fraction of sp³-hybridized carbons (Fsp3) is 0.625. The second-order valence-corrected chi connectivity index (χ2v) is 3.56. The fourth-order valence-electron chi connectivity index (χ4n) is 0.793. The Bertz CT molecular complexity index is 332. The molecule has 1 aromatic heterocycles. The molecule has 1 heterocycles. The highest BCUT2D eigenvalue weighted by Crippen LogP contribution is 2.03. The van der Waals surface area contributed by atoms with Crippen LogP contribution in [0.5, 0.6) is 0 Å². The van der Waals surface area contributed by atoms with Gasteiger partial charge in [0, 0.05) is 6.92 Å². The van der Waals surface area contributed by atoms with Crippen LogP contribution >= 0.6 is 0 Å². The van der Waals surface area contributed by atoms with E-state index in [0.717, 1.165) is 0 Å². The van der Waals surface area contributed by atoms with E-state index in [-0.39, 0.29) is 0 Å². The van der Waals surface area contributed by atoms with Gasteiger partial charge >= 0.3 is 0 Å². The van der Waals surface area contributed by atoms with Crippen LogP contribution in [0.25, 0.3) is 0 Å². The Balaban J connectivity index is 2.52. The molecule has 0 aromatic carbocycles. The van der Waals surface area contributed by atoms with Crippen LogP contribution in [0, 0.1) is 6.92 Å². The Labute approximate surface area is 81.9 Å². The zero-order valence-electron chi connectivity index (χ0n) is 8.50. The van der Waals surface area contributed by atoms with Gasteiger partial charge in [-0.2, -0.15) is 0 Å². The van der Waals surface area contributed by atoms with E-state index in [1.165, 1.54) is 0 Å². The summed E-state index contributed by atoms with van der Waals surface area (Å²) in [5.41, 5.74) is 4.40. The number of aromatic nitrogens is 2. The highest BCUT2D eigenvalue weighted by molar-refractivity contribution is 5.83. The predicted octanol–water partition coefficient (Wildman–Crippen LogP) is -0.268. The van der Waals surface area contributed by atoms with Gasteiger partial charge in [-0.05, 0) is 13.8 Å². The van der Waals surface area contributed by atoms with Gasteiger partial charge in [0.05, 0.1) is 12.1 Å². The van der Waals surface area contributed by atoms with Crippen molar-refractivity contribution in [3.63, 3.8) is 0 Å². The van der Waals surface area contributed by atoms with Crippen LogP contribution in [0.15, 0.2) is 4.42 Å². The molecule has 1 rings (SSSR count). The third-order valence-electron chi connectivity index (χ3n) is 1.87. The fourth-order valence-corrected chi connectivity index (χ4v) is 0.793. The number of nitrogens with two attached hydrogens (primary N) is 1. The second kappa shape index (κ2) is 3.75. The summed E-state index contributed by atoms with van der Waals surface area (Å²) in [6.45, 7) is 5.42. The summed E-state index contributed by atoms with van der Waals surface area (Å²) >= 11 is 0. The Morgan fingerprint density at radius 1 is 1.57 bits per heavy atom. The Hall–Kier alpha value is -1.43. The van der Waals surface area contributed by atoms with Crippen molar-refractivity contribution in [2.45, 2.75) is 32.9 Å². The largest absolute Gasteiger partial charge is 0.424 e. The molecule has 0 unspecified atom stereocenters. The lowest BCUT2D eigenvalue weighted by molar-refractivity contribution is -0.123. The van der Waals surface area contributed by atoms with E-state index >= 15 is 0 Å². The van der Waals surface area contributed by atoms with Gasteiger partial charge in [-0.15, -0.1) is 10.2 Å². The van der Waals surface area contributed by atoms with Gasteiger partial charge in [0.25, 0.3) is 0 Å². The first-order chi connectivity index (χ1) is 6.42. The molecule has 0 spiro atoms. The molecule has 0 atom stereocenters. The molecule has 0 aliphatic carbocycles. The minimum absolute atomic E-state index is 0.330. The third-order valence-corrected chi connectivity index (χ3v) is 1.87. The smallest absolute Gasteiger partial charge is 0.237 e. The van der Waals surface area contributed by atoms with E-state index in [9.17, 15) is 4.79 Å². The molecule has 1 aromatic rings. The number of carbonyl (C=O) groups is 1. The lowest BCUT2D eigenvalue weighted by atomic mass is 10.1. The maximum Gasteiger partial charge on any atom is 0.237 e. The van der Waals surface area contributed by atoms with Crippen LogP contribution in [0.4, 0.5) is 0 Å². The van der Waals surface area contributed by atoms with Crippen molar-refractivity contribution >= 4 is 5.91 Å². The maximum absolute atomic E-state index is 10.9. The number of primary amides is 1. The molecule has 14 heavy (non-hydrogen) atoms. The average molecular weight is 198 g/mol. The SMILES string of the molecule is Cc1nnc(CNC(C)(C)C(N)=O)o1. The van der Waals surface area contributed by atoms with Crippen LogP contribution in [-0.2, 0) is 11.3 Å². The zero-order valence-corrected chi connectivity index (χ0v) is 8.50. The highest BCUT2D eigenvalue weighted by atomic mass is 16.4. The van der Waals surface area contributed by atoms with Gasteiger partial charge in [-0.25, -0.2) is 0 Å². The number of nitrogens with one attached hydrogen (secondary N) is 1. The molecule has 3 N–H and O–H groups in total. The normalized spacial score (nSPS) is 11.6. The first kappa shape index (κ1) is 10.6. The average Bonchev–Trinajstić information content (AvgIpc) is 2.48. The monoisotopic (exact) mass is 198 g/mol. The lowest BCUT2D eigenvalue weighted by Gasteiger charge is -2.20.